The molecule has 6 heteroatoms. The van der Waals surface area contributed by atoms with Crippen LogP contribution in [0.4, 0.5) is 10.8 Å². The zero-order valence-electron chi connectivity index (χ0n) is 10.3. The number of nitrogens with one attached hydrogen (secondary N) is 1. The first-order valence-electron chi connectivity index (χ1n) is 6.23. The molecule has 1 aliphatic rings. The minimum Gasteiger partial charge on any atom is -0.383 e. The summed E-state index contributed by atoms with van der Waals surface area (Å²) in [5.41, 5.74) is 7.16. The number of rotatable bonds is 5. The van der Waals surface area contributed by atoms with Crippen LogP contribution in [0.2, 0.25) is 0 Å². The number of hydrogen-bond acceptors (Lipinski definition) is 5. The first-order valence-corrected chi connectivity index (χ1v) is 7.00. The lowest BCUT2D eigenvalue weighted by Gasteiger charge is -2.14. The molecular weight excluding hydrogens is 246 g/mol. The van der Waals surface area contributed by atoms with Crippen molar-refractivity contribution in [2.24, 2.45) is 0 Å². The molecule has 5 nitrogen and oxygen atoms in total. The number of nitrogens with zero attached hydrogens (tertiary/aromatic N) is 3. The van der Waals surface area contributed by atoms with Crippen molar-refractivity contribution >= 4 is 22.4 Å². The summed E-state index contributed by atoms with van der Waals surface area (Å²) in [5.74, 6) is 1.33. The van der Waals surface area contributed by atoms with Crippen molar-refractivity contribution in [1.82, 2.24) is 14.2 Å². The monoisotopic (exact) mass is 263 g/mol. The molecule has 1 aliphatic carbocycles. The quantitative estimate of drug-likeness (QED) is 0.868. The van der Waals surface area contributed by atoms with Crippen LogP contribution in [0.5, 0.6) is 0 Å². The molecule has 3 rings (SSSR count). The SMILES string of the molecule is CC(Cn1cccn1)Nc1snc(N)c1C1CC1. The summed E-state index contributed by atoms with van der Waals surface area (Å²) in [6.07, 6.45) is 6.25. The summed E-state index contributed by atoms with van der Waals surface area (Å²) < 4.78 is 6.19. The highest BCUT2D eigenvalue weighted by Crippen LogP contribution is 2.47. The maximum atomic E-state index is 5.94. The van der Waals surface area contributed by atoms with Gasteiger partial charge in [0.1, 0.15) is 10.8 Å². The normalized spacial score (nSPS) is 16.7. The number of anilines is 2. The molecule has 96 valence electrons. The highest BCUT2D eigenvalue weighted by molar-refractivity contribution is 7.10. The molecule has 2 heterocycles. The van der Waals surface area contributed by atoms with E-state index in [1.54, 1.807) is 6.20 Å². The molecule has 1 unspecified atom stereocenters. The first-order chi connectivity index (χ1) is 8.74. The number of aromatic nitrogens is 3. The van der Waals surface area contributed by atoms with Gasteiger partial charge in [-0.25, -0.2) is 0 Å². The average molecular weight is 263 g/mol. The van der Waals surface area contributed by atoms with E-state index in [1.165, 1.54) is 29.9 Å². The summed E-state index contributed by atoms with van der Waals surface area (Å²) >= 11 is 1.47. The van der Waals surface area contributed by atoms with Gasteiger partial charge in [0, 0.05) is 24.0 Å². The Bertz CT molecular complexity index is 515. The molecule has 1 atom stereocenters. The van der Waals surface area contributed by atoms with Gasteiger partial charge in [-0.15, -0.1) is 0 Å². The van der Waals surface area contributed by atoms with Gasteiger partial charge in [0.15, 0.2) is 0 Å². The third kappa shape index (κ3) is 2.33. The van der Waals surface area contributed by atoms with Crippen LogP contribution < -0.4 is 11.1 Å². The van der Waals surface area contributed by atoms with Crippen molar-refractivity contribution < 1.29 is 0 Å². The highest BCUT2D eigenvalue weighted by Gasteiger charge is 2.30. The molecule has 18 heavy (non-hydrogen) atoms. The van der Waals surface area contributed by atoms with Crippen LogP contribution in [0.3, 0.4) is 0 Å². The second kappa shape index (κ2) is 4.61. The van der Waals surface area contributed by atoms with Gasteiger partial charge < -0.3 is 11.1 Å². The van der Waals surface area contributed by atoms with Crippen LogP contribution in [0.15, 0.2) is 18.5 Å². The molecule has 0 aromatic carbocycles. The van der Waals surface area contributed by atoms with Gasteiger partial charge >= 0.3 is 0 Å². The van der Waals surface area contributed by atoms with E-state index in [0.717, 1.165) is 11.5 Å². The van der Waals surface area contributed by atoms with Crippen molar-refractivity contribution in [3.63, 3.8) is 0 Å². The summed E-state index contributed by atoms with van der Waals surface area (Å²) in [7, 11) is 0. The second-order valence-electron chi connectivity index (χ2n) is 4.86. The van der Waals surface area contributed by atoms with Gasteiger partial charge in [-0.3, -0.25) is 4.68 Å². The Morgan fingerprint density at radius 2 is 2.44 bits per heavy atom. The van der Waals surface area contributed by atoms with Crippen molar-refractivity contribution in [3.8, 4) is 0 Å². The largest absolute Gasteiger partial charge is 0.383 e. The topological polar surface area (TPSA) is 68.8 Å². The fraction of sp³-hybridized carbons (Fsp3) is 0.500. The Hall–Kier alpha value is -1.56. The van der Waals surface area contributed by atoms with Gasteiger partial charge in [0.25, 0.3) is 0 Å². The van der Waals surface area contributed by atoms with Crippen LogP contribution in [0, 0.1) is 0 Å². The lowest BCUT2D eigenvalue weighted by Crippen LogP contribution is -2.22. The maximum absolute atomic E-state index is 5.94. The van der Waals surface area contributed by atoms with Gasteiger partial charge in [-0.2, -0.15) is 9.47 Å². The van der Waals surface area contributed by atoms with E-state index in [0.29, 0.717) is 17.8 Å². The van der Waals surface area contributed by atoms with E-state index in [9.17, 15) is 0 Å². The smallest absolute Gasteiger partial charge is 0.142 e. The van der Waals surface area contributed by atoms with Gasteiger partial charge in [0.05, 0.1) is 6.54 Å². The Kier molecular flexibility index (Phi) is 2.95. The Morgan fingerprint density at radius 1 is 1.61 bits per heavy atom. The lowest BCUT2D eigenvalue weighted by atomic mass is 10.2. The first kappa shape index (κ1) is 11.5. The van der Waals surface area contributed by atoms with E-state index in [2.05, 4.69) is 21.7 Å². The molecule has 1 saturated carbocycles. The predicted octanol–water partition coefficient (Wildman–Crippen LogP) is 2.30. The Balaban J connectivity index is 1.68. The fourth-order valence-corrected chi connectivity index (χ4v) is 3.05. The molecule has 0 spiro atoms. The van der Waals surface area contributed by atoms with Gasteiger partial charge in [-0.05, 0) is 43.3 Å². The molecule has 0 amide bonds. The molecule has 0 bridgehead atoms. The molecule has 0 aliphatic heterocycles. The summed E-state index contributed by atoms with van der Waals surface area (Å²) in [6, 6.07) is 2.25. The van der Waals surface area contributed by atoms with E-state index in [4.69, 9.17) is 5.73 Å². The summed E-state index contributed by atoms with van der Waals surface area (Å²) in [4.78, 5) is 0. The molecule has 2 aromatic rings. The molecule has 0 radical (unpaired) electrons. The number of nitrogen functional groups attached to an aromatic ring is 1. The third-order valence-corrected chi connectivity index (χ3v) is 3.95. The predicted molar refractivity (Wildman–Crippen MR) is 73.8 cm³/mol. The zero-order chi connectivity index (χ0) is 12.5. The molecule has 0 saturated heterocycles. The van der Waals surface area contributed by atoms with Gasteiger partial charge in [0.2, 0.25) is 0 Å². The third-order valence-electron chi connectivity index (χ3n) is 3.14. The van der Waals surface area contributed by atoms with Crippen LogP contribution in [-0.4, -0.2) is 20.2 Å². The summed E-state index contributed by atoms with van der Waals surface area (Å²) in [6.45, 7) is 2.99. The van der Waals surface area contributed by atoms with E-state index >= 15 is 0 Å². The average Bonchev–Trinajstić information content (AvgIpc) is 2.91. The van der Waals surface area contributed by atoms with Crippen molar-refractivity contribution in [2.75, 3.05) is 11.1 Å². The fourth-order valence-electron chi connectivity index (χ4n) is 2.14. The molecular formula is C12H17N5S. The Labute approximate surface area is 110 Å². The Morgan fingerprint density at radius 3 is 3.11 bits per heavy atom. The van der Waals surface area contributed by atoms with Crippen molar-refractivity contribution in [2.45, 2.75) is 38.3 Å². The van der Waals surface area contributed by atoms with Crippen LogP contribution in [0.25, 0.3) is 0 Å². The second-order valence-corrected chi connectivity index (χ2v) is 5.63. The van der Waals surface area contributed by atoms with Crippen molar-refractivity contribution in [3.05, 3.63) is 24.0 Å². The van der Waals surface area contributed by atoms with Crippen LogP contribution in [0.1, 0.15) is 31.2 Å². The highest BCUT2D eigenvalue weighted by atomic mass is 32.1. The molecule has 2 aromatic heterocycles. The number of hydrogen-bond donors (Lipinski definition) is 2. The molecule has 3 N–H and O–H groups in total. The minimum atomic E-state index is 0.308. The van der Waals surface area contributed by atoms with E-state index < -0.39 is 0 Å². The van der Waals surface area contributed by atoms with E-state index in [-0.39, 0.29) is 0 Å². The zero-order valence-corrected chi connectivity index (χ0v) is 11.2. The molecule has 1 fully saturated rings. The lowest BCUT2D eigenvalue weighted by molar-refractivity contribution is 0.561. The van der Waals surface area contributed by atoms with Gasteiger partial charge in [-0.1, -0.05) is 0 Å². The maximum Gasteiger partial charge on any atom is 0.142 e. The standard InChI is InChI=1S/C12H17N5S/c1-8(7-17-6-2-5-14-17)15-12-10(9-3-4-9)11(13)16-18-12/h2,5-6,8-9,15H,3-4,7H2,1H3,(H2,13,16). The minimum absolute atomic E-state index is 0.308. The van der Waals surface area contributed by atoms with E-state index in [1.807, 2.05) is 16.9 Å². The van der Waals surface area contributed by atoms with Crippen LogP contribution in [-0.2, 0) is 6.54 Å². The van der Waals surface area contributed by atoms with Crippen molar-refractivity contribution in [1.29, 1.82) is 0 Å². The summed E-state index contributed by atoms with van der Waals surface area (Å²) in [5, 5.41) is 8.85. The van der Waals surface area contributed by atoms with Crippen LogP contribution >= 0.6 is 11.5 Å². The number of nitrogens with two attached hydrogens (primary N) is 1.